The van der Waals surface area contributed by atoms with Gasteiger partial charge >= 0.3 is 71.6 Å². The highest BCUT2D eigenvalue weighted by Gasteiger charge is 2.73. The summed E-state index contributed by atoms with van der Waals surface area (Å²) in [6.07, 6.45) is 12.6. The molecule has 0 radical (unpaired) electrons. The Hall–Kier alpha value is -6.36. The first kappa shape index (κ1) is 117. The van der Waals surface area contributed by atoms with E-state index in [9.17, 15) is 57.5 Å². The van der Waals surface area contributed by atoms with E-state index < -0.39 is 43.7 Å². The van der Waals surface area contributed by atoms with Crippen LogP contribution in [0.25, 0.3) is 0 Å². The molecule has 6 saturated heterocycles. The predicted molar refractivity (Wildman–Crippen MR) is 478 cm³/mol. The molecule has 6 heterocycles. The van der Waals surface area contributed by atoms with Crippen LogP contribution >= 0.6 is 0 Å². The second-order valence-electron chi connectivity index (χ2n) is 40.7. The van der Waals surface area contributed by atoms with Crippen molar-refractivity contribution in [3.63, 3.8) is 0 Å². The first-order valence-corrected chi connectivity index (χ1v) is 42.2. The van der Waals surface area contributed by atoms with Crippen LogP contribution < -0.4 is 0 Å². The molecule has 17 fully saturated rings. The van der Waals surface area contributed by atoms with Gasteiger partial charge in [-0.05, 0) is 212 Å². The van der Waals surface area contributed by atoms with E-state index in [1.165, 1.54) is 0 Å². The van der Waals surface area contributed by atoms with Crippen LogP contribution in [0.15, 0.2) is 0 Å². The lowest BCUT2D eigenvalue weighted by Crippen LogP contribution is -2.49. The molecule has 29 unspecified atom stereocenters. The molecular weight excluding hydrogens is 1570 g/mol. The molecule has 6 aliphatic heterocycles. The van der Waals surface area contributed by atoms with Crippen molar-refractivity contribution in [1.29, 1.82) is 0 Å². The minimum absolute atomic E-state index is 0. The Balaban J connectivity index is 0.00000142. The van der Waals surface area contributed by atoms with E-state index in [1.807, 2.05) is 138 Å². The van der Waals surface area contributed by atoms with Crippen molar-refractivity contribution in [2.45, 2.75) is 429 Å². The van der Waals surface area contributed by atoms with Gasteiger partial charge in [-0.1, -0.05) is 145 Å². The zero-order valence-corrected chi connectivity index (χ0v) is 70.0. The molecular formula is C99H176O24. The minimum Gasteiger partial charge on any atom is -0.458 e. The van der Waals surface area contributed by atoms with E-state index >= 15 is 0 Å². The van der Waals surface area contributed by atoms with Gasteiger partial charge < -0.3 is 56.8 Å². The van der Waals surface area contributed by atoms with Crippen LogP contribution in [0.2, 0.25) is 0 Å². The minimum atomic E-state index is -0.614. The van der Waals surface area contributed by atoms with Gasteiger partial charge in [0.15, 0.2) is 0 Å². The van der Waals surface area contributed by atoms with Gasteiger partial charge in [-0.25, -0.2) is 0 Å². The highest BCUT2D eigenvalue weighted by Crippen LogP contribution is 2.65. The maximum atomic E-state index is 12.3. The van der Waals surface area contributed by atoms with E-state index in [2.05, 4.69) is 13.8 Å². The average Bonchev–Trinajstić information content (AvgIpc) is 1.56. The second-order valence-corrected chi connectivity index (χ2v) is 40.7. The molecule has 24 nitrogen and oxygen atoms in total. The smallest absolute Gasteiger partial charge is 0.312 e. The van der Waals surface area contributed by atoms with Crippen LogP contribution in [0, 0.1) is 133 Å². The Bertz CT molecular complexity index is 3660. The number of hydrogen-bond acceptors (Lipinski definition) is 24. The fourth-order valence-electron chi connectivity index (χ4n) is 21.4. The highest BCUT2D eigenvalue weighted by molar-refractivity contribution is 5.83. The lowest BCUT2D eigenvalue weighted by molar-refractivity contribution is -0.188. The number of fused-ring (bicyclic) bond motifs is 7. The molecule has 29 atom stereocenters. The van der Waals surface area contributed by atoms with Gasteiger partial charge in [-0.3, -0.25) is 57.5 Å². The Kier molecular flexibility index (Phi) is 39.2. The molecule has 0 amide bonds. The zero-order valence-electron chi connectivity index (χ0n) is 70.0. The van der Waals surface area contributed by atoms with Crippen molar-refractivity contribution in [3.8, 4) is 0 Å². The van der Waals surface area contributed by atoms with Crippen LogP contribution in [-0.4, -0.2) is 144 Å². The van der Waals surface area contributed by atoms with Crippen molar-refractivity contribution >= 4 is 71.6 Å². The third kappa shape index (κ3) is 20.4. The van der Waals surface area contributed by atoms with Crippen molar-refractivity contribution in [2.24, 2.45) is 133 Å². The van der Waals surface area contributed by atoms with Crippen molar-refractivity contribution < 1.29 is 114 Å². The van der Waals surface area contributed by atoms with Crippen molar-refractivity contribution in [2.75, 3.05) is 0 Å². The number of ether oxygens (including phenoxy) is 12. The van der Waals surface area contributed by atoms with Crippen LogP contribution in [0.1, 0.15) is 357 Å². The lowest BCUT2D eigenvalue weighted by Gasteiger charge is -2.38. The summed E-state index contributed by atoms with van der Waals surface area (Å²) in [5.41, 5.74) is -4.07. The fourth-order valence-corrected chi connectivity index (χ4v) is 21.4. The molecule has 11 aliphatic carbocycles. The van der Waals surface area contributed by atoms with Gasteiger partial charge in [0.25, 0.3) is 0 Å². The van der Waals surface area contributed by atoms with E-state index in [-0.39, 0.29) is 298 Å². The Labute approximate surface area is 744 Å². The Morgan fingerprint density at radius 1 is 0.374 bits per heavy atom. The summed E-state index contributed by atoms with van der Waals surface area (Å²) in [5.74, 6) is 1.51. The predicted octanol–water partition coefficient (Wildman–Crippen LogP) is 20.7. The third-order valence-corrected chi connectivity index (χ3v) is 31.6. The van der Waals surface area contributed by atoms with E-state index in [1.54, 1.807) is 0 Å². The van der Waals surface area contributed by atoms with Crippen LogP contribution in [-0.2, 0) is 114 Å². The second kappa shape index (κ2) is 41.4. The lowest BCUT2D eigenvalue weighted by atomic mass is 9.79. The molecule has 0 N–H and O–H groups in total. The van der Waals surface area contributed by atoms with Gasteiger partial charge in [-0.2, -0.15) is 0 Å². The molecule has 123 heavy (non-hydrogen) atoms. The first-order chi connectivity index (χ1) is 51.6. The number of carbonyl (C=O) groups is 12. The number of esters is 12. The molecule has 17 rings (SSSR count). The molecule has 0 spiro atoms. The van der Waals surface area contributed by atoms with Gasteiger partial charge in [0.05, 0.1) is 68.0 Å². The third-order valence-electron chi connectivity index (χ3n) is 31.6. The summed E-state index contributed by atoms with van der Waals surface area (Å²) in [7, 11) is 0. The maximum Gasteiger partial charge on any atom is 0.312 e. The zero-order chi connectivity index (χ0) is 81.7. The Morgan fingerprint density at radius 2 is 0.813 bits per heavy atom. The topological polar surface area (TPSA) is 316 Å². The highest BCUT2D eigenvalue weighted by atomic mass is 16.6. The van der Waals surface area contributed by atoms with Crippen LogP contribution in [0.5, 0.6) is 0 Å². The van der Waals surface area contributed by atoms with Crippen molar-refractivity contribution in [3.05, 3.63) is 0 Å². The average molecular weight is 1750 g/mol. The molecule has 17 aliphatic rings. The normalized spacial score (nSPS) is 37.3. The summed E-state index contributed by atoms with van der Waals surface area (Å²) < 4.78 is 66.9. The van der Waals surface area contributed by atoms with Crippen molar-refractivity contribution in [1.82, 2.24) is 0 Å². The summed E-state index contributed by atoms with van der Waals surface area (Å²) in [6, 6.07) is 0. The Morgan fingerprint density at radius 3 is 1.34 bits per heavy atom. The van der Waals surface area contributed by atoms with Gasteiger partial charge in [0.1, 0.15) is 72.2 Å². The monoisotopic (exact) mass is 1750 g/mol. The summed E-state index contributed by atoms with van der Waals surface area (Å²) >= 11 is 0. The quantitative estimate of drug-likeness (QED) is 0.0909. The van der Waals surface area contributed by atoms with Gasteiger partial charge in [0, 0.05) is 65.1 Å². The molecule has 24 heteroatoms. The summed E-state index contributed by atoms with van der Waals surface area (Å²) in [5, 5.41) is 0. The van der Waals surface area contributed by atoms with E-state index in [0.29, 0.717) is 30.1 Å². The van der Waals surface area contributed by atoms with Crippen LogP contribution in [0.3, 0.4) is 0 Å². The first-order valence-electron chi connectivity index (χ1n) is 42.2. The van der Waals surface area contributed by atoms with Gasteiger partial charge in [0.2, 0.25) is 0 Å². The molecule has 12 bridgehead atoms. The van der Waals surface area contributed by atoms with Gasteiger partial charge in [-0.15, -0.1) is 0 Å². The summed E-state index contributed by atoms with van der Waals surface area (Å²) in [6.45, 7) is 42.7. The van der Waals surface area contributed by atoms with Crippen LogP contribution in [0.4, 0.5) is 0 Å². The largest absolute Gasteiger partial charge is 0.458 e. The summed E-state index contributed by atoms with van der Waals surface area (Å²) in [4.78, 5) is 143. The standard InChI is InChI=1S/4C15H22O4.C14H20O4.C13H20O4.12CH4/c1-5-14(2,3)13(17)19-11-10-8-6-15(11,4)7-9(8)12(16)18-10;1-5-14(2,3)13(17)19-15(4)8-6-9-10(7-8)12(16)18-11(9)15;1-5-14(2,3)13(17)18-11-8-6-9-10(7-8)15(11,4)19-12(9)16;1-5-15(3,4)14(17)19-11-8-6-9-10(7(8)2)13(16)18-12(9)11;1-4-14(2,3)13(16)18-10-7-5-8-9(6-7)12(15)17-11(8)10;1-4-13(2,3)12(15)17-9-6-5-8-7-10(9)16-11(8)14;;;;;;;;;;;;/h3*8-11H,5-7H2,1-4H3;7-12H,5-6H2,1-4H3;7-11H,4-6H2,1-3H3;8-10H,4-7H2,1-3H3;12*1H4. The molecule has 0 aromatic rings. The fraction of sp³-hybridized carbons (Fsp3) is 0.879. The molecule has 716 valence electrons. The maximum absolute atomic E-state index is 12.3. The molecule has 0 aromatic carbocycles. The number of rotatable bonds is 18. The van der Waals surface area contributed by atoms with E-state index in [0.717, 1.165) is 109 Å². The number of hydrogen-bond donors (Lipinski definition) is 0. The molecule has 0 aromatic heterocycles. The number of carbonyl (C=O) groups excluding carboxylic acids is 12. The van der Waals surface area contributed by atoms with E-state index in [4.69, 9.17) is 56.8 Å². The molecule has 11 saturated carbocycles. The SMILES string of the molecule is C.C.C.C.C.C.C.C.C.C.C.C.CCC(C)(C)C(=O)OC1(C)C2CC3C(=O)OC1C3C2.CCC(C)(C)C(=O)OC1C2CC3C(=O)OC1(C)C3C2.CCC(C)(C)C(=O)OC1C2CC3C(=O)OC1C3C2.CCC(C)(C)C(=O)OC1C2CC3C1OC(=O)C3C2C.CCC(C)(C)C(=O)OC1C2OC(=O)C3CC1(C)CC32.CCC(C)(C)C(=O)OC1CCC2CC1OC2=O.